The molecule has 0 unspecified atom stereocenters. The predicted octanol–water partition coefficient (Wildman–Crippen LogP) is 0.761. The number of rotatable bonds is 5. The lowest BCUT2D eigenvalue weighted by Crippen LogP contribution is -2.22. The summed E-state index contributed by atoms with van der Waals surface area (Å²) >= 11 is 0. The van der Waals surface area contributed by atoms with Crippen molar-refractivity contribution in [3.63, 3.8) is 0 Å². The Bertz CT molecular complexity index is 305. The zero-order chi connectivity index (χ0) is 10.4. The van der Waals surface area contributed by atoms with Crippen LogP contribution in [0.4, 0.5) is 0 Å². The van der Waals surface area contributed by atoms with E-state index in [1.54, 1.807) is 12.1 Å². The van der Waals surface area contributed by atoms with E-state index in [0.29, 0.717) is 12.3 Å². The Morgan fingerprint density at radius 1 is 1.43 bits per heavy atom. The smallest absolute Gasteiger partial charge is 0.303 e. The van der Waals surface area contributed by atoms with Crippen molar-refractivity contribution in [1.29, 1.82) is 0 Å². The molecular formula is C9H11NO4. The number of furan rings is 1. The van der Waals surface area contributed by atoms with Gasteiger partial charge in [-0.1, -0.05) is 0 Å². The van der Waals surface area contributed by atoms with Crippen LogP contribution in [0.1, 0.15) is 18.6 Å². The van der Waals surface area contributed by atoms with Crippen molar-refractivity contribution in [2.45, 2.75) is 19.4 Å². The fraction of sp³-hybridized carbons (Fsp3) is 0.333. The minimum absolute atomic E-state index is 0.00393. The summed E-state index contributed by atoms with van der Waals surface area (Å²) in [6.07, 6.45) is 1.36. The summed E-state index contributed by atoms with van der Waals surface area (Å²) in [6.45, 7) is 0.297. The molecule has 2 N–H and O–H groups in total. The van der Waals surface area contributed by atoms with Gasteiger partial charge in [0.15, 0.2) is 0 Å². The van der Waals surface area contributed by atoms with E-state index in [4.69, 9.17) is 9.52 Å². The summed E-state index contributed by atoms with van der Waals surface area (Å²) in [7, 11) is 0. The second-order valence-corrected chi connectivity index (χ2v) is 2.75. The van der Waals surface area contributed by atoms with Crippen molar-refractivity contribution >= 4 is 11.9 Å². The van der Waals surface area contributed by atoms with E-state index >= 15 is 0 Å². The number of hydrogen-bond donors (Lipinski definition) is 2. The minimum atomic E-state index is -0.974. The predicted molar refractivity (Wildman–Crippen MR) is 47.4 cm³/mol. The zero-order valence-electron chi connectivity index (χ0n) is 7.53. The maximum atomic E-state index is 11.0. The number of amides is 1. The molecule has 0 atom stereocenters. The molecule has 0 saturated heterocycles. The first-order valence-corrected chi connectivity index (χ1v) is 4.19. The Balaban J connectivity index is 2.18. The van der Waals surface area contributed by atoms with Gasteiger partial charge < -0.3 is 14.8 Å². The molecule has 0 aliphatic carbocycles. The standard InChI is InChI=1S/C9H11NO4/c11-8(3-4-9(12)13)10-6-7-2-1-5-14-7/h1-2,5H,3-4,6H2,(H,10,11)(H,12,13). The van der Waals surface area contributed by atoms with Gasteiger partial charge in [-0.25, -0.2) is 0 Å². The van der Waals surface area contributed by atoms with Crippen molar-refractivity contribution in [2.75, 3.05) is 0 Å². The molecule has 0 aliphatic rings. The summed E-state index contributed by atoms with van der Waals surface area (Å²) in [5.74, 6) is -0.615. The molecule has 1 heterocycles. The number of aliphatic carboxylic acids is 1. The fourth-order valence-electron chi connectivity index (χ4n) is 0.908. The van der Waals surface area contributed by atoms with E-state index in [9.17, 15) is 9.59 Å². The number of carbonyl (C=O) groups is 2. The average Bonchev–Trinajstić information content (AvgIpc) is 2.63. The van der Waals surface area contributed by atoms with E-state index in [2.05, 4.69) is 5.32 Å². The number of hydrogen-bond acceptors (Lipinski definition) is 3. The van der Waals surface area contributed by atoms with Crippen LogP contribution < -0.4 is 5.32 Å². The maximum absolute atomic E-state index is 11.0. The van der Waals surface area contributed by atoms with E-state index in [1.165, 1.54) is 6.26 Å². The number of carbonyl (C=O) groups excluding carboxylic acids is 1. The van der Waals surface area contributed by atoms with Crippen LogP contribution in [-0.4, -0.2) is 17.0 Å². The first kappa shape index (κ1) is 10.3. The lowest BCUT2D eigenvalue weighted by atomic mass is 10.3. The first-order chi connectivity index (χ1) is 6.68. The summed E-state index contributed by atoms with van der Waals surface area (Å²) < 4.78 is 4.98. The molecule has 0 radical (unpaired) electrons. The van der Waals surface area contributed by atoms with Gasteiger partial charge in [0.1, 0.15) is 5.76 Å². The second-order valence-electron chi connectivity index (χ2n) is 2.75. The molecule has 1 amide bonds. The molecule has 0 saturated carbocycles. The molecular weight excluding hydrogens is 186 g/mol. The van der Waals surface area contributed by atoms with Crippen molar-refractivity contribution in [1.82, 2.24) is 5.32 Å². The van der Waals surface area contributed by atoms with E-state index in [0.717, 1.165) is 0 Å². The molecule has 1 rings (SSSR count). The molecule has 76 valence electrons. The Labute approximate surface area is 80.7 Å². The third kappa shape index (κ3) is 3.75. The van der Waals surface area contributed by atoms with Crippen LogP contribution >= 0.6 is 0 Å². The van der Waals surface area contributed by atoms with E-state index in [-0.39, 0.29) is 18.7 Å². The lowest BCUT2D eigenvalue weighted by Gasteiger charge is -2.00. The van der Waals surface area contributed by atoms with Crippen molar-refractivity contribution in [3.05, 3.63) is 24.2 Å². The molecule has 0 aliphatic heterocycles. The van der Waals surface area contributed by atoms with Crippen LogP contribution in [0, 0.1) is 0 Å². The number of nitrogens with one attached hydrogen (secondary N) is 1. The van der Waals surface area contributed by atoms with Crippen LogP contribution in [0.15, 0.2) is 22.8 Å². The Morgan fingerprint density at radius 3 is 2.79 bits per heavy atom. The monoisotopic (exact) mass is 197 g/mol. The zero-order valence-corrected chi connectivity index (χ0v) is 7.53. The topological polar surface area (TPSA) is 79.5 Å². The number of carboxylic acid groups (broad SMARTS) is 1. The van der Waals surface area contributed by atoms with Crippen LogP contribution in [-0.2, 0) is 16.1 Å². The van der Waals surface area contributed by atoms with Crippen LogP contribution in [0.25, 0.3) is 0 Å². The van der Waals surface area contributed by atoms with Gasteiger partial charge in [-0.15, -0.1) is 0 Å². The number of carboxylic acids is 1. The minimum Gasteiger partial charge on any atom is -0.481 e. The fourth-order valence-corrected chi connectivity index (χ4v) is 0.908. The van der Waals surface area contributed by atoms with Gasteiger partial charge in [-0.05, 0) is 12.1 Å². The van der Waals surface area contributed by atoms with Crippen LogP contribution in [0.3, 0.4) is 0 Å². The van der Waals surface area contributed by atoms with Crippen LogP contribution in [0.5, 0.6) is 0 Å². The van der Waals surface area contributed by atoms with E-state index < -0.39 is 5.97 Å². The highest BCUT2D eigenvalue weighted by atomic mass is 16.4. The van der Waals surface area contributed by atoms with Gasteiger partial charge in [0.2, 0.25) is 5.91 Å². The van der Waals surface area contributed by atoms with Crippen molar-refractivity contribution < 1.29 is 19.1 Å². The summed E-state index contributed by atoms with van der Waals surface area (Å²) in [5, 5.41) is 10.9. The Kier molecular flexibility index (Phi) is 3.72. The largest absolute Gasteiger partial charge is 0.481 e. The van der Waals surface area contributed by atoms with Gasteiger partial charge in [-0.2, -0.15) is 0 Å². The second kappa shape index (κ2) is 5.06. The Hall–Kier alpha value is -1.78. The van der Waals surface area contributed by atoms with Gasteiger partial charge >= 0.3 is 5.97 Å². The molecule has 0 spiro atoms. The highest BCUT2D eigenvalue weighted by molar-refractivity contribution is 5.80. The SMILES string of the molecule is O=C(O)CCC(=O)NCc1ccco1. The molecule has 5 heteroatoms. The third-order valence-electron chi connectivity index (χ3n) is 1.61. The van der Waals surface area contributed by atoms with Gasteiger partial charge in [0.25, 0.3) is 0 Å². The summed E-state index contributed by atoms with van der Waals surface area (Å²) in [5.41, 5.74) is 0. The lowest BCUT2D eigenvalue weighted by molar-refractivity contribution is -0.138. The molecule has 1 aromatic heterocycles. The van der Waals surface area contributed by atoms with Crippen molar-refractivity contribution in [3.8, 4) is 0 Å². The van der Waals surface area contributed by atoms with Crippen molar-refractivity contribution in [2.24, 2.45) is 0 Å². The van der Waals surface area contributed by atoms with Crippen LogP contribution in [0.2, 0.25) is 0 Å². The molecule has 0 fully saturated rings. The molecule has 5 nitrogen and oxygen atoms in total. The highest BCUT2D eigenvalue weighted by Crippen LogP contribution is 1.99. The molecule has 0 aromatic carbocycles. The van der Waals surface area contributed by atoms with Gasteiger partial charge in [0.05, 0.1) is 19.2 Å². The third-order valence-corrected chi connectivity index (χ3v) is 1.61. The van der Waals surface area contributed by atoms with E-state index in [1.807, 2.05) is 0 Å². The molecule has 1 aromatic rings. The maximum Gasteiger partial charge on any atom is 0.303 e. The summed E-state index contributed by atoms with van der Waals surface area (Å²) in [6, 6.07) is 3.45. The van der Waals surface area contributed by atoms with Gasteiger partial charge in [-0.3, -0.25) is 9.59 Å². The normalized spacial score (nSPS) is 9.71. The summed E-state index contributed by atoms with van der Waals surface area (Å²) in [4.78, 5) is 21.2. The average molecular weight is 197 g/mol. The first-order valence-electron chi connectivity index (χ1n) is 4.19. The Morgan fingerprint density at radius 2 is 2.21 bits per heavy atom. The molecule has 0 bridgehead atoms. The molecule has 14 heavy (non-hydrogen) atoms. The quantitative estimate of drug-likeness (QED) is 0.730. The highest BCUT2D eigenvalue weighted by Gasteiger charge is 2.05. The van der Waals surface area contributed by atoms with Gasteiger partial charge in [0, 0.05) is 6.42 Å².